The van der Waals surface area contributed by atoms with Gasteiger partial charge >= 0.3 is 5.97 Å². The van der Waals surface area contributed by atoms with Gasteiger partial charge in [0.25, 0.3) is 0 Å². The standard InChI is InChI=1S/C13H12O4/c1-16-13(15)10-17-12-7-5-11(6-8-12)4-2-3-9-14/h5-9H,3,10H2,1H3. The van der Waals surface area contributed by atoms with Crippen molar-refractivity contribution >= 4 is 12.3 Å². The Kier molecular flexibility index (Phi) is 5.32. The smallest absolute Gasteiger partial charge is 0.343 e. The van der Waals surface area contributed by atoms with Crippen LogP contribution in [0, 0.1) is 11.8 Å². The Morgan fingerprint density at radius 2 is 2.06 bits per heavy atom. The van der Waals surface area contributed by atoms with E-state index in [4.69, 9.17) is 4.74 Å². The van der Waals surface area contributed by atoms with E-state index in [1.54, 1.807) is 24.3 Å². The van der Waals surface area contributed by atoms with Crippen molar-refractivity contribution in [3.63, 3.8) is 0 Å². The fourth-order valence-electron chi connectivity index (χ4n) is 1.03. The summed E-state index contributed by atoms with van der Waals surface area (Å²) in [7, 11) is 1.30. The second kappa shape index (κ2) is 7.07. The molecule has 0 aliphatic heterocycles. The predicted molar refractivity (Wildman–Crippen MR) is 61.5 cm³/mol. The van der Waals surface area contributed by atoms with Gasteiger partial charge in [0.05, 0.1) is 13.5 Å². The van der Waals surface area contributed by atoms with Gasteiger partial charge in [-0.25, -0.2) is 4.79 Å². The summed E-state index contributed by atoms with van der Waals surface area (Å²) in [5.41, 5.74) is 0.789. The van der Waals surface area contributed by atoms with E-state index in [2.05, 4.69) is 16.6 Å². The molecule has 0 saturated heterocycles. The molecule has 4 nitrogen and oxygen atoms in total. The first kappa shape index (κ1) is 12.8. The third kappa shape index (κ3) is 4.85. The summed E-state index contributed by atoms with van der Waals surface area (Å²) in [5.74, 6) is 5.65. The molecule has 0 aliphatic rings. The predicted octanol–water partition coefficient (Wildman–Crippen LogP) is 1.18. The molecule has 0 atom stereocenters. The molecule has 1 aromatic rings. The molecule has 1 aromatic carbocycles. The van der Waals surface area contributed by atoms with Gasteiger partial charge in [0.1, 0.15) is 12.0 Å². The normalized spacial score (nSPS) is 8.76. The summed E-state index contributed by atoms with van der Waals surface area (Å²) in [5, 5.41) is 0. The van der Waals surface area contributed by atoms with Crippen molar-refractivity contribution < 1.29 is 19.1 Å². The Morgan fingerprint density at radius 1 is 1.35 bits per heavy atom. The zero-order chi connectivity index (χ0) is 12.5. The minimum Gasteiger partial charge on any atom is -0.482 e. The Morgan fingerprint density at radius 3 is 2.65 bits per heavy atom. The van der Waals surface area contributed by atoms with E-state index in [0.717, 1.165) is 11.8 Å². The molecular weight excluding hydrogens is 220 g/mol. The molecule has 0 fully saturated rings. The Labute approximate surface area is 99.5 Å². The molecule has 0 bridgehead atoms. The van der Waals surface area contributed by atoms with E-state index in [-0.39, 0.29) is 13.0 Å². The van der Waals surface area contributed by atoms with Gasteiger partial charge in [-0.05, 0) is 24.3 Å². The van der Waals surface area contributed by atoms with Crippen LogP contribution in [0.5, 0.6) is 5.75 Å². The Hall–Kier alpha value is -2.28. The van der Waals surface area contributed by atoms with E-state index in [1.165, 1.54) is 7.11 Å². The molecule has 0 radical (unpaired) electrons. The fraction of sp³-hybridized carbons (Fsp3) is 0.231. The minimum absolute atomic E-state index is 0.118. The van der Waals surface area contributed by atoms with Gasteiger partial charge in [0.15, 0.2) is 6.61 Å². The summed E-state index contributed by atoms with van der Waals surface area (Å²) >= 11 is 0. The van der Waals surface area contributed by atoms with Crippen LogP contribution in [0.2, 0.25) is 0 Å². The lowest BCUT2D eigenvalue weighted by atomic mass is 10.2. The fourth-order valence-corrected chi connectivity index (χ4v) is 1.03. The number of carbonyl (C=O) groups excluding carboxylic acids is 2. The van der Waals surface area contributed by atoms with Crippen LogP contribution in [0.15, 0.2) is 24.3 Å². The van der Waals surface area contributed by atoms with E-state index in [1.807, 2.05) is 0 Å². The average Bonchev–Trinajstić information content (AvgIpc) is 2.37. The summed E-state index contributed by atoms with van der Waals surface area (Å²) < 4.78 is 9.60. The Balaban J connectivity index is 2.53. The lowest BCUT2D eigenvalue weighted by molar-refractivity contribution is -0.142. The van der Waals surface area contributed by atoms with Crippen molar-refractivity contribution in [2.24, 2.45) is 0 Å². The summed E-state index contributed by atoms with van der Waals surface area (Å²) in [6.07, 6.45) is 0.974. The van der Waals surface area contributed by atoms with Crippen LogP contribution in [-0.2, 0) is 14.3 Å². The number of rotatable bonds is 4. The number of esters is 1. The molecule has 0 aliphatic carbocycles. The third-order valence-electron chi connectivity index (χ3n) is 1.86. The zero-order valence-corrected chi connectivity index (χ0v) is 9.43. The quantitative estimate of drug-likeness (QED) is 0.444. The molecule has 0 spiro atoms. The highest BCUT2D eigenvalue weighted by molar-refractivity contribution is 5.70. The van der Waals surface area contributed by atoms with Crippen molar-refractivity contribution in [2.45, 2.75) is 6.42 Å². The molecule has 17 heavy (non-hydrogen) atoms. The van der Waals surface area contributed by atoms with E-state index in [0.29, 0.717) is 5.75 Å². The number of carbonyl (C=O) groups is 2. The van der Waals surface area contributed by atoms with E-state index >= 15 is 0 Å². The molecule has 0 unspecified atom stereocenters. The molecule has 0 amide bonds. The number of hydrogen-bond donors (Lipinski definition) is 0. The van der Waals surface area contributed by atoms with Crippen LogP contribution >= 0.6 is 0 Å². The van der Waals surface area contributed by atoms with E-state index < -0.39 is 5.97 Å². The number of benzene rings is 1. The summed E-state index contributed by atoms with van der Waals surface area (Å²) in [4.78, 5) is 20.9. The maximum atomic E-state index is 10.8. The van der Waals surface area contributed by atoms with Gasteiger partial charge in [0.2, 0.25) is 0 Å². The molecule has 0 N–H and O–H groups in total. The van der Waals surface area contributed by atoms with Crippen LogP contribution in [0.4, 0.5) is 0 Å². The van der Waals surface area contributed by atoms with Gasteiger partial charge in [-0.1, -0.05) is 11.8 Å². The van der Waals surface area contributed by atoms with Crippen molar-refractivity contribution in [1.82, 2.24) is 0 Å². The maximum absolute atomic E-state index is 10.8. The molecule has 1 rings (SSSR count). The molecule has 0 heterocycles. The SMILES string of the molecule is COC(=O)COc1ccc(C#CCC=O)cc1. The summed E-state index contributed by atoms with van der Waals surface area (Å²) in [6, 6.07) is 6.91. The molecular formula is C13H12O4. The molecule has 4 heteroatoms. The third-order valence-corrected chi connectivity index (χ3v) is 1.86. The minimum atomic E-state index is -0.431. The van der Waals surface area contributed by atoms with Crippen molar-refractivity contribution in [3.05, 3.63) is 29.8 Å². The lowest BCUT2D eigenvalue weighted by Crippen LogP contribution is -2.12. The molecule has 0 aromatic heterocycles. The first-order valence-corrected chi connectivity index (χ1v) is 4.98. The van der Waals surface area contributed by atoms with Crippen LogP contribution in [0.25, 0.3) is 0 Å². The molecule has 88 valence electrons. The number of hydrogen-bond acceptors (Lipinski definition) is 4. The van der Waals surface area contributed by atoms with Gasteiger partial charge in [0, 0.05) is 5.56 Å². The maximum Gasteiger partial charge on any atom is 0.343 e. The number of ether oxygens (including phenoxy) is 2. The monoisotopic (exact) mass is 232 g/mol. The number of aldehydes is 1. The van der Waals surface area contributed by atoms with Crippen LogP contribution in [0.1, 0.15) is 12.0 Å². The second-order valence-electron chi connectivity index (χ2n) is 3.06. The average molecular weight is 232 g/mol. The van der Waals surface area contributed by atoms with Gasteiger partial charge in [-0.2, -0.15) is 0 Å². The second-order valence-corrected chi connectivity index (χ2v) is 3.06. The van der Waals surface area contributed by atoms with Gasteiger partial charge < -0.3 is 14.3 Å². The van der Waals surface area contributed by atoms with Crippen LogP contribution < -0.4 is 4.74 Å². The lowest BCUT2D eigenvalue weighted by Gasteiger charge is -2.03. The highest BCUT2D eigenvalue weighted by atomic mass is 16.6. The van der Waals surface area contributed by atoms with Crippen molar-refractivity contribution in [2.75, 3.05) is 13.7 Å². The van der Waals surface area contributed by atoms with Crippen molar-refractivity contribution in [1.29, 1.82) is 0 Å². The van der Waals surface area contributed by atoms with Gasteiger partial charge in [-0.15, -0.1) is 0 Å². The first-order valence-electron chi connectivity index (χ1n) is 4.98. The topological polar surface area (TPSA) is 52.6 Å². The van der Waals surface area contributed by atoms with Crippen molar-refractivity contribution in [3.8, 4) is 17.6 Å². The highest BCUT2D eigenvalue weighted by Gasteiger charge is 2.00. The van der Waals surface area contributed by atoms with Gasteiger partial charge in [-0.3, -0.25) is 0 Å². The van der Waals surface area contributed by atoms with Crippen LogP contribution in [-0.4, -0.2) is 26.0 Å². The molecule has 0 saturated carbocycles. The summed E-state index contributed by atoms with van der Waals surface area (Å²) in [6.45, 7) is -0.118. The number of methoxy groups -OCH3 is 1. The Bertz CT molecular complexity index is 437. The van der Waals surface area contributed by atoms with E-state index in [9.17, 15) is 9.59 Å². The zero-order valence-electron chi connectivity index (χ0n) is 9.43. The first-order chi connectivity index (χ1) is 8.26. The highest BCUT2D eigenvalue weighted by Crippen LogP contribution is 2.11. The van der Waals surface area contributed by atoms with Crippen LogP contribution in [0.3, 0.4) is 0 Å². The largest absolute Gasteiger partial charge is 0.482 e.